The van der Waals surface area contributed by atoms with Crippen molar-refractivity contribution in [2.24, 2.45) is 5.41 Å². The topological polar surface area (TPSA) is 72.8 Å². The molecule has 1 rings (SSSR count). The summed E-state index contributed by atoms with van der Waals surface area (Å²) < 4.78 is 11.1. The second kappa shape index (κ2) is 6.26. The zero-order valence-electron chi connectivity index (χ0n) is 11.8. The average molecular weight is 345 g/mol. The maximum atomic E-state index is 11.2. The molecule has 1 N–H and O–H groups in total. The third kappa shape index (κ3) is 3.12. The Labute approximate surface area is 126 Å². The molecule has 0 amide bonds. The van der Waals surface area contributed by atoms with Crippen LogP contribution in [0.15, 0.2) is 10.5 Å². The van der Waals surface area contributed by atoms with Gasteiger partial charge in [-0.15, -0.1) is 0 Å². The highest BCUT2D eigenvalue weighted by atomic mass is 79.9. The van der Waals surface area contributed by atoms with Gasteiger partial charge in [0.2, 0.25) is 0 Å². The van der Waals surface area contributed by atoms with E-state index >= 15 is 0 Å². The number of halogens is 1. The largest absolute Gasteiger partial charge is 0.493 e. The Bertz CT molecular complexity index is 537. The van der Waals surface area contributed by atoms with Crippen LogP contribution in [0, 0.1) is 5.41 Å². The zero-order valence-corrected chi connectivity index (χ0v) is 13.4. The third-order valence-electron chi connectivity index (χ3n) is 3.04. The second-order valence-electron chi connectivity index (χ2n) is 4.98. The van der Waals surface area contributed by atoms with Gasteiger partial charge in [0.25, 0.3) is 0 Å². The Morgan fingerprint density at radius 1 is 1.35 bits per heavy atom. The minimum atomic E-state index is -0.958. The lowest BCUT2D eigenvalue weighted by Crippen LogP contribution is -2.26. The van der Waals surface area contributed by atoms with E-state index in [0.717, 1.165) is 0 Å². The summed E-state index contributed by atoms with van der Waals surface area (Å²) in [6.45, 7) is 3.26. The number of ether oxygens (including phenoxy) is 2. The quantitative estimate of drug-likeness (QED) is 0.803. The first kappa shape index (κ1) is 16.5. The molecule has 0 spiro atoms. The van der Waals surface area contributed by atoms with Gasteiger partial charge in [-0.1, -0.05) is 0 Å². The van der Waals surface area contributed by atoms with E-state index in [1.54, 1.807) is 19.9 Å². The summed E-state index contributed by atoms with van der Waals surface area (Å²) in [6.07, 6.45) is 0.914. The van der Waals surface area contributed by atoms with Gasteiger partial charge < -0.3 is 14.6 Å². The summed E-state index contributed by atoms with van der Waals surface area (Å²) in [7, 11) is 2.89. The van der Waals surface area contributed by atoms with Gasteiger partial charge >= 0.3 is 5.97 Å². The first-order chi connectivity index (χ1) is 9.28. The molecule has 0 saturated carbocycles. The van der Waals surface area contributed by atoms with Crippen molar-refractivity contribution in [3.63, 3.8) is 0 Å². The standard InChI is InChI=1S/C14H17BrO5/c1-14(2,13(17)18)6-8-5-10(15)9(7-16)12(20-4)11(8)19-3/h5,7H,6H2,1-4H3,(H,17,18). The summed E-state index contributed by atoms with van der Waals surface area (Å²) in [4.78, 5) is 22.4. The first-order valence-corrected chi connectivity index (χ1v) is 6.69. The smallest absolute Gasteiger partial charge is 0.309 e. The molecule has 0 atom stereocenters. The molecule has 0 aromatic heterocycles. The lowest BCUT2D eigenvalue weighted by molar-refractivity contribution is -0.146. The van der Waals surface area contributed by atoms with Crippen molar-refractivity contribution in [3.8, 4) is 11.5 Å². The molecular weight excluding hydrogens is 328 g/mol. The van der Waals surface area contributed by atoms with Crippen molar-refractivity contribution in [2.45, 2.75) is 20.3 Å². The van der Waals surface area contributed by atoms with Gasteiger partial charge in [-0.25, -0.2) is 0 Å². The van der Waals surface area contributed by atoms with E-state index in [0.29, 0.717) is 33.4 Å². The molecule has 0 fully saturated rings. The number of aliphatic carboxylic acids is 1. The highest BCUT2D eigenvalue weighted by Crippen LogP contribution is 2.41. The van der Waals surface area contributed by atoms with Gasteiger partial charge in [0.1, 0.15) is 0 Å². The van der Waals surface area contributed by atoms with Crippen molar-refractivity contribution < 1.29 is 24.2 Å². The highest BCUT2D eigenvalue weighted by molar-refractivity contribution is 9.10. The number of methoxy groups -OCH3 is 2. The fraction of sp³-hybridized carbons (Fsp3) is 0.429. The minimum Gasteiger partial charge on any atom is -0.493 e. The molecule has 6 heteroatoms. The Balaban J connectivity index is 3.44. The van der Waals surface area contributed by atoms with Gasteiger partial charge in [0.15, 0.2) is 17.8 Å². The molecule has 0 saturated heterocycles. The number of carbonyl (C=O) groups excluding carboxylic acids is 1. The van der Waals surface area contributed by atoms with Crippen LogP contribution in [0.1, 0.15) is 29.8 Å². The Kier molecular flexibility index (Phi) is 5.16. The monoisotopic (exact) mass is 344 g/mol. The van der Waals surface area contributed by atoms with E-state index in [9.17, 15) is 14.7 Å². The molecule has 1 aromatic carbocycles. The normalized spacial score (nSPS) is 11.1. The highest BCUT2D eigenvalue weighted by Gasteiger charge is 2.30. The number of aldehydes is 1. The van der Waals surface area contributed by atoms with E-state index in [-0.39, 0.29) is 6.42 Å². The van der Waals surface area contributed by atoms with Crippen LogP contribution in [0.2, 0.25) is 0 Å². The van der Waals surface area contributed by atoms with E-state index in [4.69, 9.17) is 9.47 Å². The van der Waals surface area contributed by atoms with Gasteiger partial charge in [0.05, 0.1) is 25.2 Å². The van der Waals surface area contributed by atoms with Gasteiger partial charge in [-0.2, -0.15) is 0 Å². The number of hydrogen-bond donors (Lipinski definition) is 1. The van der Waals surface area contributed by atoms with E-state index < -0.39 is 11.4 Å². The summed E-state index contributed by atoms with van der Waals surface area (Å²) in [6, 6.07) is 1.69. The number of carbonyl (C=O) groups is 2. The minimum absolute atomic E-state index is 0.250. The van der Waals surface area contributed by atoms with Crippen LogP contribution in [-0.4, -0.2) is 31.6 Å². The predicted molar refractivity (Wildman–Crippen MR) is 77.8 cm³/mol. The molecule has 20 heavy (non-hydrogen) atoms. The molecule has 5 nitrogen and oxygen atoms in total. The van der Waals surface area contributed by atoms with Crippen LogP contribution in [-0.2, 0) is 11.2 Å². The van der Waals surface area contributed by atoms with E-state index in [1.807, 2.05) is 0 Å². The molecule has 0 heterocycles. The van der Waals surface area contributed by atoms with Crippen LogP contribution >= 0.6 is 15.9 Å². The van der Waals surface area contributed by atoms with Gasteiger partial charge in [0, 0.05) is 10.0 Å². The molecule has 0 aliphatic rings. The van der Waals surface area contributed by atoms with Crippen molar-refractivity contribution in [2.75, 3.05) is 14.2 Å². The van der Waals surface area contributed by atoms with Crippen LogP contribution in [0.4, 0.5) is 0 Å². The van der Waals surface area contributed by atoms with E-state index in [2.05, 4.69) is 15.9 Å². The lowest BCUT2D eigenvalue weighted by atomic mass is 9.85. The number of carboxylic acid groups (broad SMARTS) is 1. The molecule has 0 unspecified atom stereocenters. The zero-order chi connectivity index (χ0) is 15.5. The Morgan fingerprint density at radius 2 is 1.90 bits per heavy atom. The fourth-order valence-electron chi connectivity index (χ4n) is 1.89. The number of rotatable bonds is 6. The van der Waals surface area contributed by atoms with Crippen molar-refractivity contribution in [3.05, 3.63) is 21.7 Å². The average Bonchev–Trinajstić information content (AvgIpc) is 2.37. The Morgan fingerprint density at radius 3 is 2.30 bits per heavy atom. The van der Waals surface area contributed by atoms with Crippen molar-refractivity contribution in [1.29, 1.82) is 0 Å². The molecule has 0 radical (unpaired) electrons. The van der Waals surface area contributed by atoms with Crippen LogP contribution in [0.3, 0.4) is 0 Å². The number of hydrogen-bond acceptors (Lipinski definition) is 4. The van der Waals surface area contributed by atoms with Crippen molar-refractivity contribution >= 4 is 28.2 Å². The molecule has 0 aliphatic carbocycles. The predicted octanol–water partition coefficient (Wildman–Crippen LogP) is 2.93. The molecule has 0 aliphatic heterocycles. The van der Waals surface area contributed by atoms with Crippen LogP contribution in [0.25, 0.3) is 0 Å². The molecule has 1 aromatic rings. The van der Waals surface area contributed by atoms with E-state index in [1.165, 1.54) is 14.2 Å². The number of carboxylic acids is 1. The summed E-state index contributed by atoms with van der Waals surface area (Å²) in [5, 5.41) is 9.22. The number of benzene rings is 1. The van der Waals surface area contributed by atoms with Crippen LogP contribution in [0.5, 0.6) is 11.5 Å². The maximum absolute atomic E-state index is 11.2. The summed E-state index contributed by atoms with van der Waals surface area (Å²) >= 11 is 3.29. The van der Waals surface area contributed by atoms with Gasteiger partial charge in [-0.3, -0.25) is 9.59 Å². The summed E-state index contributed by atoms with van der Waals surface area (Å²) in [5.74, 6) is -0.228. The molecule has 0 bridgehead atoms. The summed E-state index contributed by atoms with van der Waals surface area (Å²) in [5.41, 5.74) is 0.0379. The Hall–Kier alpha value is -1.56. The molecular formula is C14H17BrO5. The van der Waals surface area contributed by atoms with Crippen molar-refractivity contribution in [1.82, 2.24) is 0 Å². The fourth-order valence-corrected chi connectivity index (χ4v) is 2.44. The van der Waals surface area contributed by atoms with Crippen LogP contribution < -0.4 is 9.47 Å². The third-order valence-corrected chi connectivity index (χ3v) is 3.69. The van der Waals surface area contributed by atoms with Gasteiger partial charge in [-0.05, 0) is 42.3 Å². The molecule has 110 valence electrons. The maximum Gasteiger partial charge on any atom is 0.309 e. The SMILES string of the molecule is COc1c(CC(C)(C)C(=O)O)cc(Br)c(C=O)c1OC. The second-order valence-corrected chi connectivity index (χ2v) is 5.84. The first-order valence-electron chi connectivity index (χ1n) is 5.90. The lowest BCUT2D eigenvalue weighted by Gasteiger charge is -2.22.